The van der Waals surface area contributed by atoms with E-state index in [-0.39, 0.29) is 11.4 Å². The van der Waals surface area contributed by atoms with Crippen LogP contribution in [-0.4, -0.2) is 24.9 Å². The number of methoxy groups -OCH3 is 1. The first kappa shape index (κ1) is 15.5. The van der Waals surface area contributed by atoms with Crippen LogP contribution in [0.25, 0.3) is 0 Å². The first-order chi connectivity index (χ1) is 10.6. The lowest BCUT2D eigenvalue weighted by Gasteiger charge is -2.03. The van der Waals surface area contributed by atoms with Crippen molar-refractivity contribution in [3.8, 4) is 11.5 Å². The summed E-state index contributed by atoms with van der Waals surface area (Å²) in [6.07, 6.45) is 1.64. The summed E-state index contributed by atoms with van der Waals surface area (Å²) in [7, 11) is 1.39. The fourth-order valence-corrected chi connectivity index (χ4v) is 1.87. The smallest absolute Gasteiger partial charge is 0.313 e. The van der Waals surface area contributed by atoms with Crippen molar-refractivity contribution in [2.75, 3.05) is 13.7 Å². The van der Waals surface area contributed by atoms with Gasteiger partial charge in [-0.2, -0.15) is 0 Å². The third kappa shape index (κ3) is 3.82. The van der Waals surface area contributed by atoms with Gasteiger partial charge in [-0.3, -0.25) is 15.1 Å². The lowest BCUT2D eigenvalue weighted by molar-refractivity contribution is -0.385. The third-order valence-corrected chi connectivity index (χ3v) is 2.91. The molecule has 0 spiro atoms. The first-order valence-electron chi connectivity index (χ1n) is 6.73. The van der Waals surface area contributed by atoms with Gasteiger partial charge >= 0.3 is 5.69 Å². The van der Waals surface area contributed by atoms with Crippen LogP contribution in [0.4, 0.5) is 11.4 Å². The van der Waals surface area contributed by atoms with Crippen LogP contribution in [0.15, 0.2) is 47.5 Å². The highest BCUT2D eigenvalue weighted by molar-refractivity contribution is 5.82. The molecular formula is C16H16N2O4. The quantitative estimate of drug-likeness (QED) is 0.462. The van der Waals surface area contributed by atoms with Gasteiger partial charge in [-0.05, 0) is 48.9 Å². The van der Waals surface area contributed by atoms with E-state index in [2.05, 4.69) is 4.99 Å². The summed E-state index contributed by atoms with van der Waals surface area (Å²) in [6.45, 7) is 2.54. The Bertz CT molecular complexity index is 681. The lowest BCUT2D eigenvalue weighted by atomic mass is 10.2. The van der Waals surface area contributed by atoms with Gasteiger partial charge in [0.15, 0.2) is 5.75 Å². The summed E-state index contributed by atoms with van der Waals surface area (Å²) >= 11 is 0. The van der Waals surface area contributed by atoms with Gasteiger partial charge in [0.1, 0.15) is 5.75 Å². The maximum absolute atomic E-state index is 11.0. The number of nitro groups is 1. The highest BCUT2D eigenvalue weighted by atomic mass is 16.6. The second-order valence-corrected chi connectivity index (χ2v) is 4.37. The van der Waals surface area contributed by atoms with Gasteiger partial charge in [0.25, 0.3) is 0 Å². The van der Waals surface area contributed by atoms with Crippen LogP contribution in [0, 0.1) is 10.1 Å². The van der Waals surface area contributed by atoms with E-state index in [1.165, 1.54) is 19.2 Å². The molecule has 0 aromatic heterocycles. The van der Waals surface area contributed by atoms with Crippen molar-refractivity contribution in [2.24, 2.45) is 4.99 Å². The molecule has 22 heavy (non-hydrogen) atoms. The van der Waals surface area contributed by atoms with Crippen molar-refractivity contribution in [1.29, 1.82) is 0 Å². The standard InChI is InChI=1S/C16H16N2O4/c1-3-22-14-7-4-12(5-8-14)11-17-13-6-9-16(21-2)15(10-13)18(19)20/h4-11H,3H2,1-2H3. The molecule has 6 nitrogen and oxygen atoms in total. The number of nitrogens with zero attached hydrogens (tertiary/aromatic N) is 2. The molecule has 2 aromatic carbocycles. The van der Waals surface area contributed by atoms with Gasteiger partial charge in [-0.15, -0.1) is 0 Å². The summed E-state index contributed by atoms with van der Waals surface area (Å²) < 4.78 is 10.3. The van der Waals surface area contributed by atoms with Gasteiger partial charge < -0.3 is 9.47 Å². The molecule has 2 rings (SSSR count). The van der Waals surface area contributed by atoms with Crippen LogP contribution in [0.5, 0.6) is 11.5 Å². The Morgan fingerprint density at radius 3 is 2.55 bits per heavy atom. The molecule has 2 aromatic rings. The minimum Gasteiger partial charge on any atom is -0.494 e. The second kappa shape index (κ2) is 7.21. The zero-order valence-electron chi connectivity index (χ0n) is 12.4. The Balaban J connectivity index is 2.19. The Morgan fingerprint density at radius 2 is 1.95 bits per heavy atom. The fraction of sp³-hybridized carbons (Fsp3) is 0.188. The van der Waals surface area contributed by atoms with E-state index >= 15 is 0 Å². The molecule has 6 heteroatoms. The maximum atomic E-state index is 11.0. The molecule has 0 aliphatic rings. The summed E-state index contributed by atoms with van der Waals surface area (Å²) in [5.41, 5.74) is 1.26. The van der Waals surface area contributed by atoms with Crippen LogP contribution in [-0.2, 0) is 0 Å². The number of hydrogen-bond acceptors (Lipinski definition) is 5. The molecule has 0 aliphatic carbocycles. The number of rotatable bonds is 6. The maximum Gasteiger partial charge on any atom is 0.313 e. The van der Waals surface area contributed by atoms with Gasteiger partial charge in [-0.25, -0.2) is 0 Å². The van der Waals surface area contributed by atoms with E-state index in [9.17, 15) is 10.1 Å². The molecule has 0 heterocycles. The van der Waals surface area contributed by atoms with E-state index in [0.717, 1.165) is 11.3 Å². The van der Waals surface area contributed by atoms with Gasteiger partial charge in [0, 0.05) is 12.3 Å². The van der Waals surface area contributed by atoms with Crippen molar-refractivity contribution < 1.29 is 14.4 Å². The number of ether oxygens (including phenoxy) is 2. The molecule has 0 amide bonds. The van der Waals surface area contributed by atoms with Crippen LogP contribution in [0.1, 0.15) is 12.5 Å². The molecule has 0 fully saturated rings. The predicted octanol–water partition coefficient (Wildman–Crippen LogP) is 3.75. The van der Waals surface area contributed by atoms with Crippen LogP contribution in [0.2, 0.25) is 0 Å². The van der Waals surface area contributed by atoms with Gasteiger partial charge in [0.05, 0.1) is 24.3 Å². The highest BCUT2D eigenvalue weighted by Gasteiger charge is 2.14. The molecule has 114 valence electrons. The summed E-state index contributed by atoms with van der Waals surface area (Å²) in [4.78, 5) is 14.7. The van der Waals surface area contributed by atoms with Crippen molar-refractivity contribution in [1.82, 2.24) is 0 Å². The van der Waals surface area contributed by atoms with E-state index < -0.39 is 4.92 Å². The van der Waals surface area contributed by atoms with Crippen molar-refractivity contribution >= 4 is 17.6 Å². The van der Waals surface area contributed by atoms with Crippen LogP contribution >= 0.6 is 0 Å². The minimum atomic E-state index is -0.491. The normalized spacial score (nSPS) is 10.6. The Kier molecular flexibility index (Phi) is 5.08. The molecule has 0 radical (unpaired) electrons. The summed E-state index contributed by atoms with van der Waals surface area (Å²) in [5, 5.41) is 11.0. The van der Waals surface area contributed by atoms with Crippen molar-refractivity contribution in [2.45, 2.75) is 6.92 Å². The number of benzene rings is 2. The number of hydrogen-bond donors (Lipinski definition) is 0. The second-order valence-electron chi connectivity index (χ2n) is 4.37. The van der Waals surface area contributed by atoms with E-state index in [0.29, 0.717) is 12.3 Å². The largest absolute Gasteiger partial charge is 0.494 e. The van der Waals surface area contributed by atoms with Crippen molar-refractivity contribution in [3.63, 3.8) is 0 Å². The summed E-state index contributed by atoms with van der Waals surface area (Å²) in [5.74, 6) is 1.00. The van der Waals surface area contributed by atoms with Gasteiger partial charge in [0.2, 0.25) is 0 Å². The monoisotopic (exact) mass is 300 g/mol. The first-order valence-corrected chi connectivity index (χ1v) is 6.73. The topological polar surface area (TPSA) is 74.0 Å². The van der Waals surface area contributed by atoms with Crippen LogP contribution in [0.3, 0.4) is 0 Å². The van der Waals surface area contributed by atoms with Crippen LogP contribution < -0.4 is 9.47 Å². The van der Waals surface area contributed by atoms with Gasteiger partial charge in [-0.1, -0.05) is 0 Å². The highest BCUT2D eigenvalue weighted by Crippen LogP contribution is 2.30. The predicted molar refractivity (Wildman–Crippen MR) is 84.5 cm³/mol. The molecule has 0 saturated heterocycles. The minimum absolute atomic E-state index is 0.108. The average Bonchev–Trinajstić information content (AvgIpc) is 2.54. The molecule has 0 bridgehead atoms. The van der Waals surface area contributed by atoms with E-state index in [1.54, 1.807) is 12.3 Å². The fourth-order valence-electron chi connectivity index (χ4n) is 1.87. The third-order valence-electron chi connectivity index (χ3n) is 2.91. The Morgan fingerprint density at radius 1 is 1.23 bits per heavy atom. The molecular weight excluding hydrogens is 284 g/mol. The molecule has 0 atom stereocenters. The Hall–Kier alpha value is -2.89. The van der Waals surface area contributed by atoms with Crippen molar-refractivity contribution in [3.05, 3.63) is 58.1 Å². The number of aliphatic imine (C=N–C) groups is 1. The van der Waals surface area contributed by atoms with E-state index in [1.807, 2.05) is 31.2 Å². The summed E-state index contributed by atoms with van der Waals surface area (Å²) in [6, 6.07) is 12.0. The SMILES string of the molecule is CCOc1ccc(C=Nc2ccc(OC)c([N+](=O)[O-])c2)cc1. The molecule has 0 aliphatic heterocycles. The Labute approximate surface area is 128 Å². The number of nitro benzene ring substituents is 1. The van der Waals surface area contributed by atoms with E-state index in [4.69, 9.17) is 9.47 Å². The molecule has 0 unspecified atom stereocenters. The zero-order chi connectivity index (χ0) is 15.9. The lowest BCUT2D eigenvalue weighted by Crippen LogP contribution is -1.93. The molecule has 0 saturated carbocycles. The zero-order valence-corrected chi connectivity index (χ0v) is 12.4. The molecule has 0 N–H and O–H groups in total. The average molecular weight is 300 g/mol.